The number of rotatable bonds is 4. The van der Waals surface area contributed by atoms with Crippen molar-refractivity contribution in [3.05, 3.63) is 29.8 Å². The van der Waals surface area contributed by atoms with Gasteiger partial charge in [-0.3, -0.25) is 4.79 Å². The molecule has 4 heteroatoms. The van der Waals surface area contributed by atoms with Crippen LogP contribution in [0.2, 0.25) is 0 Å². The van der Waals surface area contributed by atoms with Crippen LogP contribution in [0.1, 0.15) is 25.8 Å². The highest BCUT2D eigenvalue weighted by atomic mass is 16.5. The molecule has 1 aliphatic heterocycles. The second-order valence-electron chi connectivity index (χ2n) is 5.45. The van der Waals surface area contributed by atoms with E-state index in [-0.39, 0.29) is 17.6 Å². The van der Waals surface area contributed by atoms with Gasteiger partial charge in [0.25, 0.3) is 0 Å². The molecule has 1 heterocycles. The number of hydrogen-bond donors (Lipinski definition) is 2. The minimum Gasteiger partial charge on any atom is -0.377 e. The molecule has 0 spiro atoms. The van der Waals surface area contributed by atoms with Crippen LogP contribution < -0.4 is 10.6 Å². The van der Waals surface area contributed by atoms with Gasteiger partial charge < -0.3 is 15.4 Å². The van der Waals surface area contributed by atoms with Crippen molar-refractivity contribution in [2.45, 2.75) is 38.8 Å². The Morgan fingerprint density at radius 3 is 2.68 bits per heavy atom. The molecule has 104 valence electrons. The molecule has 1 fully saturated rings. The molecule has 0 bridgehead atoms. The Balaban J connectivity index is 1.83. The average molecular weight is 262 g/mol. The number of aryl methyl sites for hydroxylation is 1. The first-order chi connectivity index (χ1) is 8.99. The monoisotopic (exact) mass is 262 g/mol. The van der Waals surface area contributed by atoms with Crippen molar-refractivity contribution in [3.8, 4) is 0 Å². The Hall–Kier alpha value is -1.39. The topological polar surface area (TPSA) is 50.4 Å². The molecule has 0 radical (unpaired) electrons. The average Bonchev–Trinajstić information content (AvgIpc) is 2.71. The van der Waals surface area contributed by atoms with Crippen molar-refractivity contribution in [2.75, 3.05) is 18.5 Å². The third-order valence-corrected chi connectivity index (χ3v) is 3.87. The Labute approximate surface area is 114 Å². The molecule has 1 aliphatic rings. The van der Waals surface area contributed by atoms with E-state index in [0.29, 0.717) is 6.54 Å². The van der Waals surface area contributed by atoms with Gasteiger partial charge in [-0.2, -0.15) is 0 Å². The third-order valence-electron chi connectivity index (χ3n) is 3.87. The minimum absolute atomic E-state index is 0.0239. The van der Waals surface area contributed by atoms with E-state index in [4.69, 9.17) is 4.74 Å². The van der Waals surface area contributed by atoms with Crippen LogP contribution in [0.5, 0.6) is 0 Å². The fraction of sp³-hybridized carbons (Fsp3) is 0.533. The second kappa shape index (κ2) is 5.72. The van der Waals surface area contributed by atoms with Crippen molar-refractivity contribution >= 4 is 11.6 Å². The predicted molar refractivity (Wildman–Crippen MR) is 76.2 cm³/mol. The molecule has 0 saturated carbocycles. The SMILES string of the molecule is Cc1ccc(NC(=O)CNC2(C)CCOC2C)cc1. The first-order valence-electron chi connectivity index (χ1n) is 6.73. The summed E-state index contributed by atoms with van der Waals surface area (Å²) in [4.78, 5) is 11.9. The lowest BCUT2D eigenvalue weighted by atomic mass is 9.95. The van der Waals surface area contributed by atoms with Gasteiger partial charge in [0, 0.05) is 17.8 Å². The summed E-state index contributed by atoms with van der Waals surface area (Å²) in [5, 5.41) is 6.18. The Morgan fingerprint density at radius 2 is 2.11 bits per heavy atom. The predicted octanol–water partition coefficient (Wildman–Crippen LogP) is 2.09. The van der Waals surface area contributed by atoms with Gasteiger partial charge in [-0.05, 0) is 39.3 Å². The van der Waals surface area contributed by atoms with Gasteiger partial charge in [0.2, 0.25) is 5.91 Å². The lowest BCUT2D eigenvalue weighted by Gasteiger charge is -2.28. The van der Waals surface area contributed by atoms with Crippen molar-refractivity contribution in [3.63, 3.8) is 0 Å². The summed E-state index contributed by atoms with van der Waals surface area (Å²) in [7, 11) is 0. The van der Waals surface area contributed by atoms with Crippen LogP contribution in [0.4, 0.5) is 5.69 Å². The largest absolute Gasteiger partial charge is 0.377 e. The summed E-state index contributed by atoms with van der Waals surface area (Å²) < 4.78 is 5.54. The maximum absolute atomic E-state index is 11.9. The van der Waals surface area contributed by atoms with Crippen molar-refractivity contribution in [1.82, 2.24) is 5.32 Å². The molecule has 1 saturated heterocycles. The van der Waals surface area contributed by atoms with Crippen molar-refractivity contribution < 1.29 is 9.53 Å². The van der Waals surface area contributed by atoms with E-state index in [1.54, 1.807) is 0 Å². The van der Waals surface area contributed by atoms with Gasteiger partial charge in [0.05, 0.1) is 12.6 Å². The van der Waals surface area contributed by atoms with Gasteiger partial charge >= 0.3 is 0 Å². The van der Waals surface area contributed by atoms with Crippen LogP contribution in [0.3, 0.4) is 0 Å². The molecule has 0 aliphatic carbocycles. The quantitative estimate of drug-likeness (QED) is 0.873. The fourth-order valence-electron chi connectivity index (χ4n) is 2.19. The highest BCUT2D eigenvalue weighted by Gasteiger charge is 2.36. The van der Waals surface area contributed by atoms with Crippen molar-refractivity contribution in [2.24, 2.45) is 0 Å². The van der Waals surface area contributed by atoms with E-state index in [1.807, 2.05) is 38.1 Å². The summed E-state index contributed by atoms with van der Waals surface area (Å²) in [5.74, 6) is -0.0239. The van der Waals surface area contributed by atoms with E-state index in [1.165, 1.54) is 5.56 Å². The Kier molecular flexibility index (Phi) is 4.22. The molecule has 1 aromatic carbocycles. The third kappa shape index (κ3) is 3.55. The molecule has 4 nitrogen and oxygen atoms in total. The zero-order valence-electron chi connectivity index (χ0n) is 11.8. The van der Waals surface area contributed by atoms with E-state index in [2.05, 4.69) is 17.6 Å². The number of ether oxygens (including phenoxy) is 1. The minimum atomic E-state index is -0.107. The number of carbonyl (C=O) groups is 1. The molecule has 0 aromatic heterocycles. The molecule has 2 atom stereocenters. The van der Waals surface area contributed by atoms with Gasteiger partial charge in [-0.1, -0.05) is 17.7 Å². The Bertz CT molecular complexity index is 444. The van der Waals surface area contributed by atoms with E-state index >= 15 is 0 Å². The molecule has 2 rings (SSSR count). The zero-order chi connectivity index (χ0) is 13.9. The first kappa shape index (κ1) is 14.0. The highest BCUT2D eigenvalue weighted by Crippen LogP contribution is 2.24. The summed E-state index contributed by atoms with van der Waals surface area (Å²) in [6.07, 6.45) is 1.08. The number of benzene rings is 1. The number of nitrogens with one attached hydrogen (secondary N) is 2. The summed E-state index contributed by atoms with van der Waals surface area (Å²) >= 11 is 0. The van der Waals surface area contributed by atoms with Gasteiger partial charge in [0.1, 0.15) is 0 Å². The highest BCUT2D eigenvalue weighted by molar-refractivity contribution is 5.92. The Morgan fingerprint density at radius 1 is 1.42 bits per heavy atom. The van der Waals surface area contributed by atoms with E-state index < -0.39 is 0 Å². The molecular formula is C15H22N2O2. The maximum Gasteiger partial charge on any atom is 0.238 e. The number of amides is 1. The van der Waals surface area contributed by atoms with Crippen LogP contribution >= 0.6 is 0 Å². The van der Waals surface area contributed by atoms with Crippen LogP contribution in [-0.4, -0.2) is 30.7 Å². The lowest BCUT2D eigenvalue weighted by Crippen LogP contribution is -2.50. The maximum atomic E-state index is 11.9. The normalized spacial score (nSPS) is 26.4. The first-order valence-corrected chi connectivity index (χ1v) is 6.73. The van der Waals surface area contributed by atoms with E-state index in [0.717, 1.165) is 18.7 Å². The van der Waals surface area contributed by atoms with Gasteiger partial charge in [-0.15, -0.1) is 0 Å². The number of carbonyl (C=O) groups excluding carboxylic acids is 1. The molecule has 1 amide bonds. The van der Waals surface area contributed by atoms with E-state index in [9.17, 15) is 4.79 Å². The molecule has 2 N–H and O–H groups in total. The zero-order valence-corrected chi connectivity index (χ0v) is 11.8. The molecular weight excluding hydrogens is 240 g/mol. The summed E-state index contributed by atoms with van der Waals surface area (Å²) in [6.45, 7) is 7.22. The molecule has 19 heavy (non-hydrogen) atoms. The van der Waals surface area contributed by atoms with Gasteiger partial charge in [-0.25, -0.2) is 0 Å². The lowest BCUT2D eigenvalue weighted by molar-refractivity contribution is -0.115. The smallest absolute Gasteiger partial charge is 0.238 e. The molecule has 1 aromatic rings. The fourth-order valence-corrected chi connectivity index (χ4v) is 2.19. The second-order valence-corrected chi connectivity index (χ2v) is 5.45. The van der Waals surface area contributed by atoms with Crippen LogP contribution in [0.15, 0.2) is 24.3 Å². The van der Waals surface area contributed by atoms with Crippen molar-refractivity contribution in [1.29, 1.82) is 0 Å². The number of hydrogen-bond acceptors (Lipinski definition) is 3. The van der Waals surface area contributed by atoms with Crippen LogP contribution in [0.25, 0.3) is 0 Å². The standard InChI is InChI=1S/C15H22N2O2/c1-11-4-6-13(7-5-11)17-14(18)10-16-15(3)8-9-19-12(15)2/h4-7,12,16H,8-10H2,1-3H3,(H,17,18). The van der Waals surface area contributed by atoms with Crippen LogP contribution in [-0.2, 0) is 9.53 Å². The summed E-state index contributed by atoms with van der Waals surface area (Å²) in [5.41, 5.74) is 1.91. The summed E-state index contributed by atoms with van der Waals surface area (Å²) in [6, 6.07) is 7.79. The number of anilines is 1. The van der Waals surface area contributed by atoms with Crippen LogP contribution in [0, 0.1) is 6.92 Å². The molecule has 2 unspecified atom stereocenters. The van der Waals surface area contributed by atoms with Gasteiger partial charge in [0.15, 0.2) is 0 Å².